The zero-order chi connectivity index (χ0) is 7.82. The fourth-order valence-corrected chi connectivity index (χ4v) is 0.483. The second-order valence-electron chi connectivity index (χ2n) is 2.01. The molecular formula is C7H15NO2. The van der Waals surface area contributed by atoms with Crippen molar-refractivity contribution in [2.24, 2.45) is 0 Å². The van der Waals surface area contributed by atoms with E-state index in [0.717, 1.165) is 13.0 Å². The first-order valence-corrected chi connectivity index (χ1v) is 3.67. The van der Waals surface area contributed by atoms with Gasteiger partial charge >= 0.3 is 5.97 Å². The van der Waals surface area contributed by atoms with Crippen molar-refractivity contribution in [1.29, 1.82) is 0 Å². The zero-order valence-corrected chi connectivity index (χ0v) is 6.64. The Balaban J connectivity index is 2.96. The van der Waals surface area contributed by atoms with E-state index in [1.807, 2.05) is 0 Å². The highest BCUT2D eigenvalue weighted by Crippen LogP contribution is 1.81. The molecule has 3 heteroatoms. The van der Waals surface area contributed by atoms with Gasteiger partial charge in [0, 0.05) is 6.42 Å². The van der Waals surface area contributed by atoms with Gasteiger partial charge in [-0.15, -0.1) is 0 Å². The van der Waals surface area contributed by atoms with Gasteiger partial charge in [-0.25, -0.2) is 0 Å². The van der Waals surface area contributed by atoms with Crippen molar-refractivity contribution in [2.75, 3.05) is 13.3 Å². The van der Waals surface area contributed by atoms with Crippen LogP contribution in [0.2, 0.25) is 0 Å². The van der Waals surface area contributed by atoms with Crippen molar-refractivity contribution in [1.82, 2.24) is 5.32 Å². The van der Waals surface area contributed by atoms with E-state index in [9.17, 15) is 4.79 Å². The van der Waals surface area contributed by atoms with E-state index < -0.39 is 0 Å². The molecule has 0 saturated carbocycles. The summed E-state index contributed by atoms with van der Waals surface area (Å²) in [4.78, 5) is 10.5. The molecule has 0 saturated heterocycles. The van der Waals surface area contributed by atoms with Crippen LogP contribution in [0.15, 0.2) is 0 Å². The van der Waals surface area contributed by atoms with Crippen LogP contribution >= 0.6 is 0 Å². The molecule has 1 N–H and O–H groups in total. The van der Waals surface area contributed by atoms with Crippen molar-refractivity contribution in [2.45, 2.75) is 26.7 Å². The smallest absolute Gasteiger partial charge is 0.306 e. The number of hydrogen-bond donors (Lipinski definition) is 1. The van der Waals surface area contributed by atoms with Gasteiger partial charge in [0.05, 0.1) is 0 Å². The summed E-state index contributed by atoms with van der Waals surface area (Å²) in [6, 6.07) is 0. The highest BCUT2D eigenvalue weighted by atomic mass is 16.5. The Hall–Kier alpha value is -0.570. The van der Waals surface area contributed by atoms with Crippen LogP contribution in [0, 0.1) is 0 Å². The molecule has 0 aliphatic carbocycles. The van der Waals surface area contributed by atoms with Crippen LogP contribution in [0.5, 0.6) is 0 Å². The third-order valence-electron chi connectivity index (χ3n) is 1.05. The molecule has 0 rings (SSSR count). The molecule has 0 atom stereocenters. The lowest BCUT2D eigenvalue weighted by atomic mass is 10.5. The summed E-state index contributed by atoms with van der Waals surface area (Å²) in [6.07, 6.45) is 1.51. The van der Waals surface area contributed by atoms with Crippen molar-refractivity contribution in [3.05, 3.63) is 0 Å². The summed E-state index contributed by atoms with van der Waals surface area (Å²) in [5.41, 5.74) is 0. The maximum atomic E-state index is 10.5. The summed E-state index contributed by atoms with van der Waals surface area (Å²) in [5.74, 6) is -0.149. The van der Waals surface area contributed by atoms with Crippen LogP contribution in [0.25, 0.3) is 0 Å². The summed E-state index contributed by atoms with van der Waals surface area (Å²) in [5, 5.41) is 2.96. The highest BCUT2D eigenvalue weighted by molar-refractivity contribution is 5.68. The molecule has 0 aromatic heterocycles. The quantitative estimate of drug-likeness (QED) is 0.355. The van der Waals surface area contributed by atoms with Gasteiger partial charge in [0.15, 0.2) is 0 Å². The van der Waals surface area contributed by atoms with Gasteiger partial charge in [0.25, 0.3) is 0 Å². The molecule has 0 unspecified atom stereocenters. The fraction of sp³-hybridized carbons (Fsp3) is 0.857. The second kappa shape index (κ2) is 6.55. The van der Waals surface area contributed by atoms with Crippen molar-refractivity contribution in [3.8, 4) is 0 Å². The molecule has 0 amide bonds. The molecule has 0 bridgehead atoms. The predicted octanol–water partition coefficient (Wildman–Crippen LogP) is 0.897. The van der Waals surface area contributed by atoms with Crippen LogP contribution in [-0.4, -0.2) is 19.2 Å². The van der Waals surface area contributed by atoms with Gasteiger partial charge in [0.2, 0.25) is 0 Å². The molecular weight excluding hydrogens is 130 g/mol. The van der Waals surface area contributed by atoms with Gasteiger partial charge in [-0.3, -0.25) is 10.1 Å². The molecule has 3 nitrogen and oxygen atoms in total. The minimum absolute atomic E-state index is 0.149. The molecule has 0 aliphatic rings. The van der Waals surface area contributed by atoms with Gasteiger partial charge in [0.1, 0.15) is 6.73 Å². The zero-order valence-electron chi connectivity index (χ0n) is 6.64. The van der Waals surface area contributed by atoms with E-state index in [1.165, 1.54) is 0 Å². The van der Waals surface area contributed by atoms with Gasteiger partial charge < -0.3 is 4.74 Å². The van der Waals surface area contributed by atoms with Crippen LogP contribution < -0.4 is 5.32 Å². The number of carbonyl (C=O) groups is 1. The van der Waals surface area contributed by atoms with E-state index in [4.69, 9.17) is 4.74 Å². The SMILES string of the molecule is CCCNCOC(=O)CC. The second-order valence-corrected chi connectivity index (χ2v) is 2.01. The molecule has 0 aromatic rings. The van der Waals surface area contributed by atoms with E-state index in [1.54, 1.807) is 6.92 Å². The van der Waals surface area contributed by atoms with E-state index >= 15 is 0 Å². The number of rotatable bonds is 5. The minimum atomic E-state index is -0.149. The first kappa shape index (κ1) is 9.43. The number of esters is 1. The molecule has 60 valence electrons. The summed E-state index contributed by atoms with van der Waals surface area (Å²) < 4.78 is 4.74. The van der Waals surface area contributed by atoms with E-state index in [0.29, 0.717) is 13.2 Å². The third-order valence-corrected chi connectivity index (χ3v) is 1.05. The van der Waals surface area contributed by atoms with Gasteiger partial charge in [-0.2, -0.15) is 0 Å². The van der Waals surface area contributed by atoms with Crippen LogP contribution in [0.4, 0.5) is 0 Å². The van der Waals surface area contributed by atoms with Gasteiger partial charge in [-0.1, -0.05) is 13.8 Å². The van der Waals surface area contributed by atoms with E-state index in [2.05, 4.69) is 12.2 Å². The molecule has 0 aromatic carbocycles. The molecule has 0 aliphatic heterocycles. The van der Waals surface area contributed by atoms with Crippen molar-refractivity contribution < 1.29 is 9.53 Å². The van der Waals surface area contributed by atoms with Crippen LogP contribution in [0.1, 0.15) is 26.7 Å². The van der Waals surface area contributed by atoms with Crippen molar-refractivity contribution in [3.63, 3.8) is 0 Å². The topological polar surface area (TPSA) is 38.3 Å². The molecule has 0 fully saturated rings. The van der Waals surface area contributed by atoms with Gasteiger partial charge in [-0.05, 0) is 13.0 Å². The summed E-state index contributed by atoms with van der Waals surface area (Å²) >= 11 is 0. The molecule has 0 heterocycles. The van der Waals surface area contributed by atoms with E-state index in [-0.39, 0.29) is 5.97 Å². The average Bonchev–Trinajstić information content (AvgIpc) is 1.98. The Morgan fingerprint density at radius 2 is 2.20 bits per heavy atom. The number of ether oxygens (including phenoxy) is 1. The molecule has 0 radical (unpaired) electrons. The number of carbonyl (C=O) groups excluding carboxylic acids is 1. The maximum absolute atomic E-state index is 10.5. The maximum Gasteiger partial charge on any atom is 0.306 e. The molecule has 10 heavy (non-hydrogen) atoms. The Morgan fingerprint density at radius 3 is 2.70 bits per heavy atom. The largest absolute Gasteiger partial charge is 0.450 e. The lowest BCUT2D eigenvalue weighted by molar-refractivity contribution is -0.144. The Kier molecular flexibility index (Phi) is 6.18. The monoisotopic (exact) mass is 145 g/mol. The standard InChI is InChI=1S/C7H15NO2/c1-3-5-8-6-10-7(9)4-2/h8H,3-6H2,1-2H3. The lowest BCUT2D eigenvalue weighted by Gasteiger charge is -2.02. The molecule has 0 spiro atoms. The minimum Gasteiger partial charge on any atom is -0.450 e. The predicted molar refractivity (Wildman–Crippen MR) is 39.5 cm³/mol. The summed E-state index contributed by atoms with van der Waals surface area (Å²) in [6.45, 7) is 5.09. The Labute approximate surface area is 61.8 Å². The summed E-state index contributed by atoms with van der Waals surface area (Å²) in [7, 11) is 0. The normalized spacial score (nSPS) is 9.40. The average molecular weight is 145 g/mol. The third kappa shape index (κ3) is 5.56. The van der Waals surface area contributed by atoms with Crippen LogP contribution in [0.3, 0.4) is 0 Å². The highest BCUT2D eigenvalue weighted by Gasteiger charge is 1.94. The van der Waals surface area contributed by atoms with Crippen LogP contribution in [-0.2, 0) is 9.53 Å². The van der Waals surface area contributed by atoms with Crippen molar-refractivity contribution >= 4 is 5.97 Å². The fourth-order valence-electron chi connectivity index (χ4n) is 0.483. The number of nitrogens with one attached hydrogen (secondary N) is 1. The number of hydrogen-bond acceptors (Lipinski definition) is 3. The first-order chi connectivity index (χ1) is 4.81. The lowest BCUT2D eigenvalue weighted by Crippen LogP contribution is -2.20. The Bertz CT molecular complexity index is 93.6. The first-order valence-electron chi connectivity index (χ1n) is 3.67. The Morgan fingerprint density at radius 1 is 1.50 bits per heavy atom.